The quantitative estimate of drug-likeness (QED) is 0.0261. The van der Waals surface area contributed by atoms with Crippen LogP contribution in [0.25, 0.3) is 0 Å². The standard InChI is InChI=1S/C72H128O6/c1-4-7-10-13-16-19-22-25-27-29-31-33-35-36-38-39-41-43-45-47-50-53-56-59-62-65-71(74)77-68-69(67-76-70(73)64-61-58-55-52-49-24-21-18-15-12-9-6-3)78-72(75)66-63-60-57-54-51-48-46-44-42-40-37-34-32-30-28-26-23-20-17-14-11-8-5-2/h7,10,16,18-19,21,25,27,30-33,69H,4-6,8-9,11-15,17,20,22-24,26,28-29,34-68H2,1-3H3/b10-7-,19-16-,21-18-,27-25-,32-30-,33-31-. The Morgan fingerprint density at radius 3 is 0.821 bits per heavy atom. The molecule has 0 amide bonds. The van der Waals surface area contributed by atoms with Crippen molar-refractivity contribution < 1.29 is 28.6 Å². The predicted octanol–water partition coefficient (Wildman–Crippen LogP) is 23.3. The summed E-state index contributed by atoms with van der Waals surface area (Å²) in [6.07, 6.45) is 86.4. The molecule has 0 fully saturated rings. The van der Waals surface area contributed by atoms with E-state index in [1.807, 2.05) is 0 Å². The van der Waals surface area contributed by atoms with Gasteiger partial charge in [0, 0.05) is 19.3 Å². The normalized spacial score (nSPS) is 12.5. The molecule has 0 bridgehead atoms. The smallest absolute Gasteiger partial charge is 0.306 e. The van der Waals surface area contributed by atoms with Crippen LogP contribution >= 0.6 is 0 Å². The van der Waals surface area contributed by atoms with Crippen molar-refractivity contribution in [2.75, 3.05) is 13.2 Å². The molecule has 0 aromatic carbocycles. The fourth-order valence-corrected chi connectivity index (χ4v) is 9.84. The van der Waals surface area contributed by atoms with Gasteiger partial charge in [0.15, 0.2) is 6.10 Å². The first kappa shape index (κ1) is 74.8. The van der Waals surface area contributed by atoms with E-state index in [4.69, 9.17) is 14.2 Å². The average Bonchev–Trinajstić information content (AvgIpc) is 3.44. The van der Waals surface area contributed by atoms with E-state index in [-0.39, 0.29) is 31.1 Å². The fourth-order valence-electron chi connectivity index (χ4n) is 9.84. The summed E-state index contributed by atoms with van der Waals surface area (Å²) in [5, 5.41) is 0. The molecule has 0 rings (SSSR count). The van der Waals surface area contributed by atoms with E-state index in [1.165, 1.54) is 218 Å². The minimum absolute atomic E-state index is 0.0767. The van der Waals surface area contributed by atoms with E-state index in [9.17, 15) is 14.4 Å². The second kappa shape index (κ2) is 66.4. The molecule has 0 aliphatic heterocycles. The summed E-state index contributed by atoms with van der Waals surface area (Å²) in [6.45, 7) is 6.54. The van der Waals surface area contributed by atoms with E-state index in [0.717, 1.165) is 89.9 Å². The fraction of sp³-hybridized carbons (Fsp3) is 0.792. The molecule has 452 valence electrons. The number of carbonyl (C=O) groups excluding carboxylic acids is 3. The van der Waals surface area contributed by atoms with Gasteiger partial charge in [0.05, 0.1) is 0 Å². The van der Waals surface area contributed by atoms with E-state index in [2.05, 4.69) is 93.7 Å². The minimum atomic E-state index is -0.780. The zero-order valence-electron chi connectivity index (χ0n) is 51.9. The lowest BCUT2D eigenvalue weighted by molar-refractivity contribution is -0.167. The third-order valence-corrected chi connectivity index (χ3v) is 14.9. The van der Waals surface area contributed by atoms with Gasteiger partial charge in [-0.1, -0.05) is 293 Å². The van der Waals surface area contributed by atoms with Crippen molar-refractivity contribution in [3.63, 3.8) is 0 Å². The second-order valence-electron chi connectivity index (χ2n) is 22.7. The van der Waals surface area contributed by atoms with Gasteiger partial charge >= 0.3 is 17.9 Å². The first-order valence-electron chi connectivity index (χ1n) is 33.9. The molecule has 0 radical (unpaired) electrons. The Morgan fingerprint density at radius 2 is 0.500 bits per heavy atom. The molecule has 1 unspecified atom stereocenters. The summed E-state index contributed by atoms with van der Waals surface area (Å²) in [5.41, 5.74) is 0. The highest BCUT2D eigenvalue weighted by atomic mass is 16.6. The summed E-state index contributed by atoms with van der Waals surface area (Å²) < 4.78 is 17.0. The summed E-state index contributed by atoms with van der Waals surface area (Å²) in [6, 6.07) is 0. The number of carbonyl (C=O) groups is 3. The van der Waals surface area contributed by atoms with Gasteiger partial charge in [-0.05, 0) is 109 Å². The van der Waals surface area contributed by atoms with Gasteiger partial charge in [0.1, 0.15) is 13.2 Å². The molecule has 0 aromatic rings. The molecule has 6 heteroatoms. The van der Waals surface area contributed by atoms with Crippen LogP contribution < -0.4 is 0 Å². The Morgan fingerprint density at radius 1 is 0.269 bits per heavy atom. The van der Waals surface area contributed by atoms with Crippen molar-refractivity contribution in [2.45, 2.75) is 354 Å². The van der Waals surface area contributed by atoms with E-state index < -0.39 is 6.10 Å². The highest BCUT2D eigenvalue weighted by Gasteiger charge is 2.19. The molecule has 0 aliphatic rings. The number of hydrogen-bond donors (Lipinski definition) is 0. The molecule has 0 aliphatic carbocycles. The first-order chi connectivity index (χ1) is 38.5. The molecule has 0 spiro atoms. The van der Waals surface area contributed by atoms with Gasteiger partial charge in [0.25, 0.3) is 0 Å². The van der Waals surface area contributed by atoms with Crippen molar-refractivity contribution >= 4 is 17.9 Å². The zero-order chi connectivity index (χ0) is 56.4. The van der Waals surface area contributed by atoms with Crippen LogP contribution in [0.4, 0.5) is 0 Å². The van der Waals surface area contributed by atoms with Crippen molar-refractivity contribution in [1.82, 2.24) is 0 Å². The number of esters is 3. The lowest BCUT2D eigenvalue weighted by atomic mass is 10.0. The largest absolute Gasteiger partial charge is 0.462 e. The van der Waals surface area contributed by atoms with Crippen LogP contribution in [0.1, 0.15) is 348 Å². The molecular weight excluding hydrogens is 961 g/mol. The van der Waals surface area contributed by atoms with Crippen molar-refractivity contribution in [3.8, 4) is 0 Å². The Balaban J connectivity index is 4.26. The summed E-state index contributed by atoms with van der Waals surface area (Å²) in [5.74, 6) is -0.871. The van der Waals surface area contributed by atoms with Crippen LogP contribution in [0.2, 0.25) is 0 Å². The van der Waals surface area contributed by atoms with Gasteiger partial charge in [-0.25, -0.2) is 0 Å². The number of allylic oxidation sites excluding steroid dienone is 12. The third-order valence-electron chi connectivity index (χ3n) is 14.9. The maximum Gasteiger partial charge on any atom is 0.306 e. The van der Waals surface area contributed by atoms with E-state index in [1.54, 1.807) is 0 Å². The Hall–Kier alpha value is -3.15. The van der Waals surface area contributed by atoms with Crippen molar-refractivity contribution in [1.29, 1.82) is 0 Å². The van der Waals surface area contributed by atoms with E-state index >= 15 is 0 Å². The summed E-state index contributed by atoms with van der Waals surface area (Å²) in [7, 11) is 0. The number of hydrogen-bond acceptors (Lipinski definition) is 6. The molecule has 78 heavy (non-hydrogen) atoms. The summed E-state index contributed by atoms with van der Waals surface area (Å²) in [4.78, 5) is 38.4. The minimum Gasteiger partial charge on any atom is -0.462 e. The maximum atomic E-state index is 12.9. The third kappa shape index (κ3) is 63.7. The number of unbranched alkanes of at least 4 members (excludes halogenated alkanes) is 39. The summed E-state index contributed by atoms with van der Waals surface area (Å²) >= 11 is 0. The Labute approximate surface area is 484 Å². The highest BCUT2D eigenvalue weighted by Crippen LogP contribution is 2.17. The number of ether oxygens (including phenoxy) is 3. The molecule has 1 atom stereocenters. The number of rotatable bonds is 62. The topological polar surface area (TPSA) is 78.9 Å². The molecule has 0 saturated heterocycles. The maximum absolute atomic E-state index is 12.9. The lowest BCUT2D eigenvalue weighted by Crippen LogP contribution is -2.30. The lowest BCUT2D eigenvalue weighted by Gasteiger charge is -2.18. The second-order valence-corrected chi connectivity index (χ2v) is 22.7. The monoisotopic (exact) mass is 1090 g/mol. The van der Waals surface area contributed by atoms with Gasteiger partial charge in [-0.3, -0.25) is 14.4 Å². The van der Waals surface area contributed by atoms with Crippen molar-refractivity contribution in [3.05, 3.63) is 72.9 Å². The van der Waals surface area contributed by atoms with Crippen LogP contribution in [0.5, 0.6) is 0 Å². The van der Waals surface area contributed by atoms with Crippen LogP contribution in [-0.2, 0) is 28.6 Å². The van der Waals surface area contributed by atoms with Crippen LogP contribution in [0.3, 0.4) is 0 Å². The molecule has 6 nitrogen and oxygen atoms in total. The first-order valence-corrected chi connectivity index (χ1v) is 33.9. The van der Waals surface area contributed by atoms with Crippen LogP contribution in [0, 0.1) is 0 Å². The Bertz CT molecular complexity index is 1440. The van der Waals surface area contributed by atoms with Crippen molar-refractivity contribution in [2.24, 2.45) is 0 Å². The zero-order valence-corrected chi connectivity index (χ0v) is 51.9. The highest BCUT2D eigenvalue weighted by molar-refractivity contribution is 5.71. The SMILES string of the molecule is CC/C=C\C/C=C\C/C=C\C/C=C\CCCCCCCCCCCCCCC(=O)OCC(COC(=O)CCCCCCC/C=C\CCCCC)OC(=O)CCCCCCCCCCCCC/C=C\CCCCCCCCCC. The van der Waals surface area contributed by atoms with E-state index in [0.29, 0.717) is 19.3 Å². The van der Waals surface area contributed by atoms with Gasteiger partial charge < -0.3 is 14.2 Å². The molecule has 0 heterocycles. The van der Waals surface area contributed by atoms with Crippen LogP contribution in [0.15, 0.2) is 72.9 Å². The molecule has 0 N–H and O–H groups in total. The molecule has 0 saturated carbocycles. The Kier molecular flexibility index (Phi) is 63.7. The predicted molar refractivity (Wildman–Crippen MR) is 339 cm³/mol. The van der Waals surface area contributed by atoms with Gasteiger partial charge in [-0.2, -0.15) is 0 Å². The average molecular weight is 1090 g/mol. The van der Waals surface area contributed by atoms with Crippen LogP contribution in [-0.4, -0.2) is 37.2 Å². The molecule has 0 aromatic heterocycles. The molecular formula is C72H128O6. The van der Waals surface area contributed by atoms with Gasteiger partial charge in [-0.15, -0.1) is 0 Å². The van der Waals surface area contributed by atoms with Gasteiger partial charge in [0.2, 0.25) is 0 Å².